The molecule has 0 amide bonds. The van der Waals surface area contributed by atoms with Gasteiger partial charge in [0.2, 0.25) is 10.9 Å². The van der Waals surface area contributed by atoms with Crippen molar-refractivity contribution in [3.63, 3.8) is 0 Å². The molecule has 1 aliphatic heterocycles. The Hall–Kier alpha value is -2.32. The molecule has 1 aliphatic rings. The molecule has 2 aromatic rings. The number of hydrogen-bond acceptors (Lipinski definition) is 5. The van der Waals surface area contributed by atoms with Gasteiger partial charge in [-0.25, -0.2) is 13.2 Å². The maximum Gasteiger partial charge on any atom is 0.371 e. The van der Waals surface area contributed by atoms with Gasteiger partial charge in [-0.3, -0.25) is 0 Å². The van der Waals surface area contributed by atoms with Gasteiger partial charge in [-0.15, -0.1) is 0 Å². The highest BCUT2D eigenvalue weighted by Gasteiger charge is 2.31. The molecule has 0 unspecified atom stereocenters. The average molecular weight is 336 g/mol. The summed E-state index contributed by atoms with van der Waals surface area (Å²) in [6.07, 6.45) is 0. The normalized spacial score (nSPS) is 16.4. The Kier molecular flexibility index (Phi) is 4.10. The molecule has 1 saturated heterocycles. The summed E-state index contributed by atoms with van der Waals surface area (Å²) in [7, 11) is -3.80. The second kappa shape index (κ2) is 6.05. The highest BCUT2D eigenvalue weighted by molar-refractivity contribution is 7.89. The first kappa shape index (κ1) is 15.6. The molecule has 23 heavy (non-hydrogen) atoms. The third-order valence-electron chi connectivity index (χ3n) is 3.75. The summed E-state index contributed by atoms with van der Waals surface area (Å²) in [6, 6.07) is 12.1. The van der Waals surface area contributed by atoms with E-state index in [1.165, 1.54) is 10.4 Å². The van der Waals surface area contributed by atoms with Crippen LogP contribution in [-0.4, -0.2) is 50.0 Å². The van der Waals surface area contributed by atoms with Crippen LogP contribution in [0.4, 0.5) is 5.69 Å². The molecule has 0 aliphatic carbocycles. The second-order valence-corrected chi connectivity index (χ2v) is 7.02. The minimum absolute atomic E-state index is 0.320. The Balaban J connectivity index is 1.72. The van der Waals surface area contributed by atoms with Crippen molar-refractivity contribution in [3.05, 3.63) is 48.2 Å². The lowest BCUT2D eigenvalue weighted by Crippen LogP contribution is -2.48. The van der Waals surface area contributed by atoms with Crippen LogP contribution in [0.2, 0.25) is 0 Å². The van der Waals surface area contributed by atoms with Crippen molar-refractivity contribution in [2.24, 2.45) is 0 Å². The SMILES string of the molecule is O=C(O)c1ccc(S(=O)(=O)N2CCN(c3ccccc3)CC2)o1. The fourth-order valence-electron chi connectivity index (χ4n) is 2.53. The van der Waals surface area contributed by atoms with Crippen LogP contribution in [0.5, 0.6) is 0 Å². The molecule has 0 radical (unpaired) electrons. The Morgan fingerprint density at radius 1 is 1.00 bits per heavy atom. The maximum absolute atomic E-state index is 12.5. The number of nitrogens with zero attached hydrogens (tertiary/aromatic N) is 2. The molecule has 0 saturated carbocycles. The quantitative estimate of drug-likeness (QED) is 0.909. The fraction of sp³-hybridized carbons (Fsp3) is 0.267. The summed E-state index contributed by atoms with van der Waals surface area (Å²) in [5.74, 6) is -1.67. The van der Waals surface area contributed by atoms with Crippen molar-refractivity contribution >= 4 is 21.7 Å². The highest BCUT2D eigenvalue weighted by atomic mass is 32.2. The number of benzene rings is 1. The van der Waals surface area contributed by atoms with Gasteiger partial charge in [-0.1, -0.05) is 18.2 Å². The van der Waals surface area contributed by atoms with E-state index in [9.17, 15) is 13.2 Å². The minimum Gasteiger partial charge on any atom is -0.475 e. The fourth-order valence-corrected chi connectivity index (χ4v) is 3.86. The summed E-state index contributed by atoms with van der Waals surface area (Å²) in [5.41, 5.74) is 1.05. The minimum atomic E-state index is -3.80. The molecule has 1 aromatic carbocycles. The highest BCUT2D eigenvalue weighted by Crippen LogP contribution is 2.22. The van der Waals surface area contributed by atoms with Crippen molar-refractivity contribution in [2.75, 3.05) is 31.1 Å². The van der Waals surface area contributed by atoms with E-state index < -0.39 is 16.0 Å². The third kappa shape index (κ3) is 3.08. The molecule has 8 heteroatoms. The van der Waals surface area contributed by atoms with E-state index in [1.807, 2.05) is 30.3 Å². The lowest BCUT2D eigenvalue weighted by atomic mass is 10.2. The van der Waals surface area contributed by atoms with Gasteiger partial charge < -0.3 is 14.4 Å². The molecule has 122 valence electrons. The van der Waals surface area contributed by atoms with Crippen LogP contribution in [0.1, 0.15) is 10.6 Å². The first-order chi connectivity index (χ1) is 11.0. The molecule has 0 spiro atoms. The van der Waals surface area contributed by atoms with Gasteiger partial charge in [0.1, 0.15) is 0 Å². The van der Waals surface area contributed by atoms with Gasteiger partial charge in [0.05, 0.1) is 0 Å². The van der Waals surface area contributed by atoms with E-state index in [4.69, 9.17) is 9.52 Å². The van der Waals surface area contributed by atoms with Crippen molar-refractivity contribution in [3.8, 4) is 0 Å². The lowest BCUT2D eigenvalue weighted by molar-refractivity contribution is 0.0656. The Morgan fingerprint density at radius 3 is 2.22 bits per heavy atom. The van der Waals surface area contributed by atoms with Crippen LogP contribution in [0.25, 0.3) is 0 Å². The molecular formula is C15H16N2O5S. The molecule has 2 heterocycles. The van der Waals surface area contributed by atoms with Gasteiger partial charge in [-0.2, -0.15) is 4.31 Å². The summed E-state index contributed by atoms with van der Waals surface area (Å²) in [6.45, 7) is 1.77. The number of furan rings is 1. The number of rotatable bonds is 4. The lowest BCUT2D eigenvalue weighted by Gasteiger charge is -2.34. The molecule has 7 nitrogen and oxygen atoms in total. The number of hydrogen-bond donors (Lipinski definition) is 1. The molecule has 1 fully saturated rings. The van der Waals surface area contributed by atoms with E-state index in [2.05, 4.69) is 4.90 Å². The first-order valence-electron chi connectivity index (χ1n) is 7.12. The molecule has 0 bridgehead atoms. The number of para-hydroxylation sites is 1. The summed E-state index contributed by atoms with van der Waals surface area (Å²) >= 11 is 0. The van der Waals surface area contributed by atoms with Crippen LogP contribution in [-0.2, 0) is 10.0 Å². The average Bonchev–Trinajstić information content (AvgIpc) is 3.07. The zero-order valence-corrected chi connectivity index (χ0v) is 13.1. The summed E-state index contributed by atoms with van der Waals surface area (Å²) in [4.78, 5) is 12.9. The molecule has 1 N–H and O–H groups in total. The predicted molar refractivity (Wildman–Crippen MR) is 83.1 cm³/mol. The van der Waals surface area contributed by atoms with Crippen molar-refractivity contribution < 1.29 is 22.7 Å². The Morgan fingerprint density at radius 2 is 1.65 bits per heavy atom. The van der Waals surface area contributed by atoms with Crippen LogP contribution in [0, 0.1) is 0 Å². The first-order valence-corrected chi connectivity index (χ1v) is 8.56. The van der Waals surface area contributed by atoms with Crippen LogP contribution < -0.4 is 4.90 Å². The number of anilines is 1. The van der Waals surface area contributed by atoms with Gasteiger partial charge >= 0.3 is 5.97 Å². The van der Waals surface area contributed by atoms with Crippen molar-refractivity contribution in [2.45, 2.75) is 5.09 Å². The van der Waals surface area contributed by atoms with E-state index >= 15 is 0 Å². The Labute approximate surface area is 133 Å². The van der Waals surface area contributed by atoms with Crippen LogP contribution >= 0.6 is 0 Å². The van der Waals surface area contributed by atoms with Crippen molar-refractivity contribution in [1.29, 1.82) is 0 Å². The van der Waals surface area contributed by atoms with E-state index in [-0.39, 0.29) is 10.9 Å². The standard InChI is InChI=1S/C15H16N2O5S/c18-15(19)13-6-7-14(22-13)23(20,21)17-10-8-16(9-11-17)12-4-2-1-3-5-12/h1-7H,8-11H2,(H,18,19). The Bertz CT molecular complexity index is 792. The van der Waals surface area contributed by atoms with E-state index in [0.717, 1.165) is 11.8 Å². The summed E-state index contributed by atoms with van der Waals surface area (Å²) < 4.78 is 31.2. The van der Waals surface area contributed by atoms with E-state index in [0.29, 0.717) is 26.2 Å². The topological polar surface area (TPSA) is 91.1 Å². The third-order valence-corrected chi connectivity index (χ3v) is 5.52. The second-order valence-electron chi connectivity index (χ2n) is 5.15. The molecular weight excluding hydrogens is 320 g/mol. The van der Waals surface area contributed by atoms with Gasteiger partial charge in [0, 0.05) is 31.9 Å². The number of carbonyl (C=O) groups is 1. The number of carboxylic acids is 1. The predicted octanol–water partition coefficient (Wildman–Crippen LogP) is 1.49. The molecule has 1 aromatic heterocycles. The van der Waals surface area contributed by atoms with Crippen molar-refractivity contribution in [1.82, 2.24) is 4.31 Å². The summed E-state index contributed by atoms with van der Waals surface area (Å²) in [5, 5.41) is 8.50. The largest absolute Gasteiger partial charge is 0.475 e. The number of piperazine rings is 1. The molecule has 3 rings (SSSR count). The number of sulfonamides is 1. The maximum atomic E-state index is 12.5. The van der Waals surface area contributed by atoms with Gasteiger partial charge in [0.15, 0.2) is 0 Å². The van der Waals surface area contributed by atoms with Gasteiger partial charge in [0.25, 0.3) is 10.0 Å². The van der Waals surface area contributed by atoms with Crippen LogP contribution in [0.3, 0.4) is 0 Å². The van der Waals surface area contributed by atoms with Crippen LogP contribution in [0.15, 0.2) is 52.0 Å². The number of carboxylic acid groups (broad SMARTS) is 1. The monoisotopic (exact) mass is 336 g/mol. The van der Waals surface area contributed by atoms with Gasteiger partial charge in [-0.05, 0) is 24.3 Å². The zero-order chi connectivity index (χ0) is 16.4. The zero-order valence-electron chi connectivity index (χ0n) is 12.3. The van der Waals surface area contributed by atoms with E-state index in [1.54, 1.807) is 0 Å². The molecule has 0 atom stereocenters. The smallest absolute Gasteiger partial charge is 0.371 e. The number of aromatic carboxylic acids is 1.